The van der Waals surface area contributed by atoms with E-state index in [1.807, 2.05) is 4.90 Å². The number of amides is 1. The molecule has 1 saturated heterocycles. The largest absolute Gasteiger partial charge is 0.524 e. The molecule has 3 N–H and O–H groups in total. The molecule has 0 saturated carbocycles. The van der Waals surface area contributed by atoms with Gasteiger partial charge in [-0.25, -0.2) is 8.96 Å². The number of nitrogens with zero attached hydrogens (tertiary/aromatic N) is 1. The van der Waals surface area contributed by atoms with Crippen molar-refractivity contribution in [3.8, 4) is 11.5 Å². The van der Waals surface area contributed by atoms with Crippen LogP contribution >= 0.6 is 7.82 Å². The number of nitrogens with one attached hydrogen (secondary N) is 1. The number of methoxy groups -OCH3 is 1. The molecule has 9 nitrogen and oxygen atoms in total. The van der Waals surface area contributed by atoms with Crippen LogP contribution in [0.5, 0.6) is 11.5 Å². The molecule has 0 aliphatic carbocycles. The Morgan fingerprint density at radius 3 is 2.60 bits per heavy atom. The molecule has 0 aromatic heterocycles. The lowest BCUT2D eigenvalue weighted by Gasteiger charge is -2.30. The third-order valence-electron chi connectivity index (χ3n) is 4.45. The standard InChI is InChI=1S/C19H22FN2O7P/c1-27-17-5-2-13(10-18(17)29-30(24,25)26)12-21-19(23)15-11-14(20)3-4-16(15)22-6-8-28-9-7-22/h2-5,10-11H,6-9,12H2,1H3,(H,21,23)(H2,24,25,26). The number of halogens is 1. The van der Waals surface area contributed by atoms with E-state index in [0.29, 0.717) is 37.6 Å². The second kappa shape index (κ2) is 9.44. The lowest BCUT2D eigenvalue weighted by molar-refractivity contribution is 0.0948. The lowest BCUT2D eigenvalue weighted by atomic mass is 10.1. The summed E-state index contributed by atoms with van der Waals surface area (Å²) in [5.41, 5.74) is 1.31. The minimum Gasteiger partial charge on any atom is -0.493 e. The number of rotatable bonds is 7. The van der Waals surface area contributed by atoms with Crippen molar-refractivity contribution in [2.24, 2.45) is 0 Å². The van der Waals surface area contributed by atoms with Crippen molar-refractivity contribution in [3.05, 3.63) is 53.3 Å². The smallest absolute Gasteiger partial charge is 0.493 e. The highest BCUT2D eigenvalue weighted by Gasteiger charge is 2.21. The molecule has 0 radical (unpaired) electrons. The van der Waals surface area contributed by atoms with Crippen molar-refractivity contribution >= 4 is 19.4 Å². The van der Waals surface area contributed by atoms with E-state index in [-0.39, 0.29) is 23.6 Å². The molecule has 0 unspecified atom stereocenters. The maximum atomic E-state index is 13.8. The predicted molar refractivity (Wildman–Crippen MR) is 106 cm³/mol. The van der Waals surface area contributed by atoms with Crippen LogP contribution in [0.15, 0.2) is 36.4 Å². The number of carbonyl (C=O) groups excluding carboxylic acids is 1. The van der Waals surface area contributed by atoms with Gasteiger partial charge in [0.15, 0.2) is 11.5 Å². The number of hydrogen-bond acceptors (Lipinski definition) is 6. The molecule has 1 aliphatic heterocycles. The molecule has 3 rings (SSSR count). The Morgan fingerprint density at radius 2 is 1.93 bits per heavy atom. The van der Waals surface area contributed by atoms with E-state index in [1.54, 1.807) is 12.1 Å². The van der Waals surface area contributed by atoms with Gasteiger partial charge in [-0.3, -0.25) is 14.6 Å². The zero-order valence-corrected chi connectivity index (χ0v) is 17.1. The summed E-state index contributed by atoms with van der Waals surface area (Å²) in [6.45, 7) is 2.25. The van der Waals surface area contributed by atoms with Crippen molar-refractivity contribution in [1.29, 1.82) is 0 Å². The van der Waals surface area contributed by atoms with Crippen molar-refractivity contribution in [2.45, 2.75) is 6.54 Å². The Balaban J connectivity index is 1.76. The van der Waals surface area contributed by atoms with Crippen LogP contribution in [-0.2, 0) is 15.8 Å². The molecule has 0 spiro atoms. The summed E-state index contributed by atoms with van der Waals surface area (Å²) in [6.07, 6.45) is 0. The zero-order valence-electron chi connectivity index (χ0n) is 16.2. The third-order valence-corrected chi connectivity index (χ3v) is 4.89. The molecule has 162 valence electrons. The fourth-order valence-electron chi connectivity index (χ4n) is 3.08. The summed E-state index contributed by atoms with van der Waals surface area (Å²) in [4.78, 5) is 32.8. The molecule has 1 fully saturated rings. The molecule has 1 heterocycles. The highest BCUT2D eigenvalue weighted by atomic mass is 31.2. The normalized spacial score (nSPS) is 14.3. The van der Waals surface area contributed by atoms with E-state index in [2.05, 4.69) is 9.84 Å². The topological polar surface area (TPSA) is 118 Å². The Bertz CT molecular complexity index is 960. The first-order valence-corrected chi connectivity index (χ1v) is 10.6. The quantitative estimate of drug-likeness (QED) is 0.561. The number of ether oxygens (including phenoxy) is 2. The maximum absolute atomic E-state index is 13.8. The van der Waals surface area contributed by atoms with Gasteiger partial charge in [-0.15, -0.1) is 0 Å². The molecule has 30 heavy (non-hydrogen) atoms. The first kappa shape index (κ1) is 22.0. The summed E-state index contributed by atoms with van der Waals surface area (Å²) in [7, 11) is -3.45. The Hall–Kier alpha value is -2.65. The number of morpholine rings is 1. The van der Waals surface area contributed by atoms with E-state index < -0.39 is 19.5 Å². The number of phosphoric ester groups is 1. The van der Waals surface area contributed by atoms with Crippen molar-refractivity contribution < 1.29 is 37.5 Å². The summed E-state index contributed by atoms with van der Waals surface area (Å²) in [6, 6.07) is 8.47. The minimum absolute atomic E-state index is 0.0272. The molecule has 2 aromatic rings. The predicted octanol–water partition coefficient (Wildman–Crippen LogP) is 2.07. The molecule has 2 aromatic carbocycles. The van der Waals surface area contributed by atoms with Crippen LogP contribution < -0.4 is 19.5 Å². The van der Waals surface area contributed by atoms with Gasteiger partial charge in [0, 0.05) is 25.3 Å². The zero-order chi connectivity index (χ0) is 21.7. The van der Waals surface area contributed by atoms with E-state index in [9.17, 15) is 13.8 Å². The molecular formula is C19H22FN2O7P. The molecule has 1 aliphatic rings. The average Bonchev–Trinajstić information content (AvgIpc) is 2.71. The number of carbonyl (C=O) groups is 1. The van der Waals surface area contributed by atoms with Gasteiger partial charge in [0.25, 0.3) is 5.91 Å². The second-order valence-electron chi connectivity index (χ2n) is 6.51. The van der Waals surface area contributed by atoms with Gasteiger partial charge in [-0.1, -0.05) is 6.07 Å². The first-order valence-electron chi connectivity index (χ1n) is 9.09. The summed E-state index contributed by atoms with van der Waals surface area (Å²) < 4.78 is 39.9. The lowest BCUT2D eigenvalue weighted by Crippen LogP contribution is -2.38. The first-order chi connectivity index (χ1) is 14.3. The Labute approximate surface area is 172 Å². The van der Waals surface area contributed by atoms with Crippen molar-refractivity contribution in [1.82, 2.24) is 5.32 Å². The van der Waals surface area contributed by atoms with Crippen molar-refractivity contribution in [3.63, 3.8) is 0 Å². The molecule has 0 atom stereocenters. The minimum atomic E-state index is -4.79. The van der Waals surface area contributed by atoms with Crippen LogP contribution in [0.3, 0.4) is 0 Å². The van der Waals surface area contributed by atoms with E-state index in [4.69, 9.17) is 19.3 Å². The van der Waals surface area contributed by atoms with Gasteiger partial charge in [-0.2, -0.15) is 0 Å². The average molecular weight is 440 g/mol. The van der Waals surface area contributed by atoms with E-state index in [0.717, 1.165) is 0 Å². The maximum Gasteiger partial charge on any atom is 0.524 e. The SMILES string of the molecule is COc1ccc(CNC(=O)c2cc(F)ccc2N2CCOCC2)cc1OP(=O)(O)O. The van der Waals surface area contributed by atoms with Crippen LogP contribution in [0.1, 0.15) is 15.9 Å². The fraction of sp³-hybridized carbons (Fsp3) is 0.316. The van der Waals surface area contributed by atoms with Crippen LogP contribution in [0.4, 0.5) is 10.1 Å². The highest BCUT2D eigenvalue weighted by Crippen LogP contribution is 2.42. The molecule has 1 amide bonds. The Kier molecular flexibility index (Phi) is 6.94. The van der Waals surface area contributed by atoms with Gasteiger partial charge in [0.05, 0.1) is 25.9 Å². The molecule has 0 bridgehead atoms. The number of phosphoric acid groups is 1. The van der Waals surface area contributed by atoms with Crippen LogP contribution in [0, 0.1) is 5.82 Å². The van der Waals surface area contributed by atoms with Crippen LogP contribution in [0.25, 0.3) is 0 Å². The number of hydrogen-bond donors (Lipinski definition) is 3. The third kappa shape index (κ3) is 5.70. The van der Waals surface area contributed by atoms with Crippen LogP contribution in [0.2, 0.25) is 0 Å². The fourth-order valence-corrected chi connectivity index (χ4v) is 3.48. The summed E-state index contributed by atoms with van der Waals surface area (Å²) >= 11 is 0. The highest BCUT2D eigenvalue weighted by molar-refractivity contribution is 7.46. The number of benzene rings is 2. The van der Waals surface area contributed by atoms with Gasteiger partial charge in [0.2, 0.25) is 0 Å². The van der Waals surface area contributed by atoms with E-state index >= 15 is 0 Å². The second-order valence-corrected chi connectivity index (χ2v) is 7.67. The van der Waals surface area contributed by atoms with Crippen LogP contribution in [-0.4, -0.2) is 49.1 Å². The summed E-state index contributed by atoms with van der Waals surface area (Å²) in [5.74, 6) is -1.03. The van der Waals surface area contributed by atoms with Gasteiger partial charge < -0.3 is 24.2 Å². The van der Waals surface area contributed by atoms with E-state index in [1.165, 1.54) is 31.4 Å². The number of anilines is 1. The van der Waals surface area contributed by atoms with Crippen molar-refractivity contribution in [2.75, 3.05) is 38.3 Å². The summed E-state index contributed by atoms with van der Waals surface area (Å²) in [5, 5.41) is 2.70. The molecule has 11 heteroatoms. The Morgan fingerprint density at radius 1 is 1.20 bits per heavy atom. The van der Waals surface area contributed by atoms with Gasteiger partial charge >= 0.3 is 7.82 Å². The monoisotopic (exact) mass is 440 g/mol. The molecular weight excluding hydrogens is 418 g/mol. The van der Waals surface area contributed by atoms with Gasteiger partial charge in [-0.05, 0) is 35.9 Å². The van der Waals surface area contributed by atoms with Gasteiger partial charge in [0.1, 0.15) is 5.82 Å².